The Balaban J connectivity index is 3.22. The van der Waals surface area contributed by atoms with Gasteiger partial charge in [0.25, 0.3) is 0 Å². The highest BCUT2D eigenvalue weighted by Gasteiger charge is 2.41. The van der Waals surface area contributed by atoms with Crippen LogP contribution in [0, 0.1) is 22.7 Å². The fourth-order valence-corrected chi connectivity index (χ4v) is 4.02. The van der Waals surface area contributed by atoms with Crippen molar-refractivity contribution in [1.29, 1.82) is 0 Å². The number of nitrogens with one attached hydrogen (secondary N) is 1. The van der Waals surface area contributed by atoms with Crippen molar-refractivity contribution in [2.24, 2.45) is 22.7 Å². The first-order valence-corrected chi connectivity index (χ1v) is 8.13. The molecular formula is C18H35N. The molecule has 0 radical (unpaired) electrons. The van der Waals surface area contributed by atoms with Gasteiger partial charge in [0, 0.05) is 12.7 Å². The summed E-state index contributed by atoms with van der Waals surface area (Å²) in [5.41, 5.74) is 4.00. The van der Waals surface area contributed by atoms with Crippen LogP contribution in [0.1, 0.15) is 74.1 Å². The molecule has 0 heterocycles. The molecule has 1 aliphatic rings. The van der Waals surface area contributed by atoms with Crippen molar-refractivity contribution in [2.45, 2.75) is 74.1 Å². The van der Waals surface area contributed by atoms with Gasteiger partial charge in [-0.05, 0) is 41.1 Å². The van der Waals surface area contributed by atoms with E-state index in [9.17, 15) is 0 Å². The Kier molecular flexibility index (Phi) is 5.15. The second kappa shape index (κ2) is 5.89. The van der Waals surface area contributed by atoms with Crippen LogP contribution >= 0.6 is 0 Å². The molecule has 0 bridgehead atoms. The molecule has 1 heteroatoms. The van der Waals surface area contributed by atoms with Gasteiger partial charge in [0.1, 0.15) is 0 Å². The second-order valence-electron chi connectivity index (χ2n) is 7.62. The third-order valence-corrected chi connectivity index (χ3v) is 5.91. The summed E-state index contributed by atoms with van der Waals surface area (Å²) in [7, 11) is 2.11. The molecule has 0 amide bonds. The van der Waals surface area contributed by atoms with Crippen molar-refractivity contribution in [3.8, 4) is 0 Å². The molecule has 0 spiro atoms. The number of rotatable bonds is 5. The van der Waals surface area contributed by atoms with Gasteiger partial charge in [-0.25, -0.2) is 0 Å². The van der Waals surface area contributed by atoms with Gasteiger partial charge in [-0.15, -0.1) is 0 Å². The third kappa shape index (κ3) is 3.17. The minimum atomic E-state index is 0.307. The van der Waals surface area contributed by atoms with Crippen LogP contribution in [0.4, 0.5) is 0 Å². The van der Waals surface area contributed by atoms with E-state index in [4.69, 9.17) is 0 Å². The zero-order chi connectivity index (χ0) is 14.8. The molecule has 0 aliphatic heterocycles. The maximum atomic E-state index is 3.54. The van der Waals surface area contributed by atoms with E-state index in [1.54, 1.807) is 5.57 Å². The molecular weight excluding hydrogens is 230 g/mol. The molecule has 3 unspecified atom stereocenters. The Morgan fingerprint density at radius 2 is 1.95 bits per heavy atom. The second-order valence-corrected chi connectivity index (χ2v) is 7.62. The van der Waals surface area contributed by atoms with Crippen LogP contribution in [-0.2, 0) is 0 Å². The summed E-state index contributed by atoms with van der Waals surface area (Å²) >= 11 is 0. The summed E-state index contributed by atoms with van der Waals surface area (Å²) in [5, 5.41) is 3.54. The first-order valence-electron chi connectivity index (χ1n) is 8.13. The van der Waals surface area contributed by atoms with E-state index in [-0.39, 0.29) is 0 Å². The van der Waals surface area contributed by atoms with Crippen LogP contribution in [0.15, 0.2) is 11.3 Å². The van der Waals surface area contributed by atoms with E-state index in [1.165, 1.54) is 31.4 Å². The van der Waals surface area contributed by atoms with Crippen LogP contribution in [-0.4, -0.2) is 7.05 Å². The van der Waals surface area contributed by atoms with Crippen LogP contribution in [0.25, 0.3) is 0 Å². The van der Waals surface area contributed by atoms with E-state index in [2.05, 4.69) is 60.8 Å². The zero-order valence-corrected chi connectivity index (χ0v) is 14.5. The van der Waals surface area contributed by atoms with Gasteiger partial charge in [-0.1, -0.05) is 61.3 Å². The summed E-state index contributed by atoms with van der Waals surface area (Å²) in [4.78, 5) is 0. The van der Waals surface area contributed by atoms with Gasteiger partial charge in [0.2, 0.25) is 0 Å². The Bertz CT molecular complexity index is 340. The normalized spacial score (nSPS) is 30.4. The molecule has 0 saturated heterocycles. The topological polar surface area (TPSA) is 12.0 Å². The summed E-state index contributed by atoms with van der Waals surface area (Å²) in [6.45, 7) is 16.8. The first kappa shape index (κ1) is 16.6. The van der Waals surface area contributed by atoms with Gasteiger partial charge in [-0.3, -0.25) is 0 Å². The summed E-state index contributed by atoms with van der Waals surface area (Å²) in [5.74, 6) is 1.43. The molecule has 0 aromatic carbocycles. The molecule has 1 N–H and O–H groups in total. The van der Waals surface area contributed by atoms with E-state index < -0.39 is 0 Å². The van der Waals surface area contributed by atoms with Crippen molar-refractivity contribution < 1.29 is 0 Å². The standard InChI is InChI=1S/C18H35N/c1-9-14(4)17(5,6)16-13(3)11-18(7,10-2)12-15(16)19-8/h13-14,19H,9-12H2,1-8H3. The van der Waals surface area contributed by atoms with Crippen molar-refractivity contribution in [3.63, 3.8) is 0 Å². The Hall–Kier alpha value is -0.460. The molecule has 1 nitrogen and oxygen atoms in total. The predicted octanol–water partition coefficient (Wildman–Crippen LogP) is 5.38. The quantitative estimate of drug-likeness (QED) is 0.704. The molecule has 19 heavy (non-hydrogen) atoms. The lowest BCUT2D eigenvalue weighted by atomic mass is 9.60. The summed E-state index contributed by atoms with van der Waals surface area (Å²) < 4.78 is 0. The molecule has 0 saturated carbocycles. The molecule has 1 rings (SSSR count). The van der Waals surface area contributed by atoms with Crippen molar-refractivity contribution in [2.75, 3.05) is 7.05 Å². The fraction of sp³-hybridized carbons (Fsp3) is 0.889. The largest absolute Gasteiger partial charge is 0.391 e. The highest BCUT2D eigenvalue weighted by atomic mass is 14.8. The number of hydrogen-bond donors (Lipinski definition) is 1. The average Bonchev–Trinajstić information content (AvgIpc) is 2.36. The molecule has 1 aliphatic carbocycles. The summed E-state index contributed by atoms with van der Waals surface area (Å²) in [6, 6.07) is 0. The minimum Gasteiger partial charge on any atom is -0.391 e. The molecule has 112 valence electrons. The van der Waals surface area contributed by atoms with E-state index >= 15 is 0 Å². The minimum absolute atomic E-state index is 0.307. The zero-order valence-electron chi connectivity index (χ0n) is 14.5. The van der Waals surface area contributed by atoms with Gasteiger partial charge in [-0.2, -0.15) is 0 Å². The molecule has 0 aromatic heterocycles. The summed E-state index contributed by atoms with van der Waals surface area (Å²) in [6.07, 6.45) is 5.09. The van der Waals surface area contributed by atoms with Crippen molar-refractivity contribution >= 4 is 0 Å². The third-order valence-electron chi connectivity index (χ3n) is 5.91. The van der Waals surface area contributed by atoms with E-state index in [0.29, 0.717) is 16.7 Å². The highest BCUT2D eigenvalue weighted by Crippen LogP contribution is 2.51. The van der Waals surface area contributed by atoms with Crippen molar-refractivity contribution in [1.82, 2.24) is 5.32 Å². The first-order chi connectivity index (χ1) is 8.71. The van der Waals surface area contributed by atoms with Crippen LogP contribution in [0.3, 0.4) is 0 Å². The van der Waals surface area contributed by atoms with Gasteiger partial charge < -0.3 is 5.32 Å². The Morgan fingerprint density at radius 3 is 2.37 bits per heavy atom. The fourth-order valence-electron chi connectivity index (χ4n) is 4.02. The SMILES string of the molecule is CCC(C)C(C)(C)C1=C(NC)CC(C)(CC)CC1C. The van der Waals surface area contributed by atoms with Gasteiger partial charge >= 0.3 is 0 Å². The average molecular weight is 265 g/mol. The van der Waals surface area contributed by atoms with Crippen LogP contribution in [0.5, 0.6) is 0 Å². The number of hydrogen-bond acceptors (Lipinski definition) is 1. The van der Waals surface area contributed by atoms with Crippen LogP contribution in [0.2, 0.25) is 0 Å². The lowest BCUT2D eigenvalue weighted by Crippen LogP contribution is -2.38. The highest BCUT2D eigenvalue weighted by molar-refractivity contribution is 5.27. The van der Waals surface area contributed by atoms with Gasteiger partial charge in [0.05, 0.1) is 0 Å². The van der Waals surface area contributed by atoms with Crippen LogP contribution < -0.4 is 5.32 Å². The van der Waals surface area contributed by atoms with Crippen molar-refractivity contribution in [3.05, 3.63) is 11.3 Å². The van der Waals surface area contributed by atoms with E-state index in [0.717, 1.165) is 5.92 Å². The smallest absolute Gasteiger partial charge is 0.0110 e. The maximum Gasteiger partial charge on any atom is 0.0110 e. The Labute approximate surface area is 121 Å². The molecule has 0 aromatic rings. The Morgan fingerprint density at radius 1 is 1.37 bits per heavy atom. The predicted molar refractivity (Wildman–Crippen MR) is 86.1 cm³/mol. The monoisotopic (exact) mass is 265 g/mol. The lowest BCUT2D eigenvalue weighted by molar-refractivity contribution is 0.175. The van der Waals surface area contributed by atoms with Gasteiger partial charge in [0.15, 0.2) is 0 Å². The molecule has 0 fully saturated rings. The lowest BCUT2D eigenvalue weighted by Gasteiger charge is -2.46. The van der Waals surface area contributed by atoms with E-state index in [1.807, 2.05) is 0 Å². The molecule has 3 atom stereocenters. The number of allylic oxidation sites excluding steroid dienone is 2. The maximum absolute atomic E-state index is 3.54.